The van der Waals surface area contributed by atoms with E-state index in [1.54, 1.807) is 10.9 Å². The van der Waals surface area contributed by atoms with Gasteiger partial charge in [-0.2, -0.15) is 5.10 Å². The zero-order valence-electron chi connectivity index (χ0n) is 12.8. The van der Waals surface area contributed by atoms with Gasteiger partial charge in [0.15, 0.2) is 0 Å². The summed E-state index contributed by atoms with van der Waals surface area (Å²) in [5.74, 6) is 0. The number of nitrogens with zero attached hydrogens (tertiary/aromatic N) is 3. The SMILES string of the molecule is CCc1ccc(C(O)c2c(Cl)cnn2CCN(C)C)cc1. The first kappa shape index (κ1) is 16.0. The van der Waals surface area contributed by atoms with Crippen molar-refractivity contribution in [2.45, 2.75) is 26.0 Å². The number of aliphatic hydroxyl groups excluding tert-OH is 1. The molecule has 1 heterocycles. The van der Waals surface area contributed by atoms with Gasteiger partial charge in [-0.3, -0.25) is 4.68 Å². The molecule has 1 aromatic carbocycles. The number of benzene rings is 1. The van der Waals surface area contributed by atoms with Crippen LogP contribution in [0.2, 0.25) is 5.02 Å². The summed E-state index contributed by atoms with van der Waals surface area (Å²) in [6.45, 7) is 3.64. The number of hydrogen-bond acceptors (Lipinski definition) is 3. The molecule has 0 aliphatic rings. The van der Waals surface area contributed by atoms with Crippen LogP contribution in [0.15, 0.2) is 30.5 Å². The minimum absolute atomic E-state index is 0.501. The molecule has 2 aromatic rings. The highest BCUT2D eigenvalue weighted by Crippen LogP contribution is 2.28. The fraction of sp³-hybridized carbons (Fsp3) is 0.438. The first-order chi connectivity index (χ1) is 10.0. The number of aromatic nitrogens is 2. The standard InChI is InChI=1S/C16H22ClN3O/c1-4-12-5-7-13(8-6-12)16(21)15-14(17)11-18-20(15)10-9-19(2)3/h5-8,11,16,21H,4,9-10H2,1-3H3. The molecule has 0 aliphatic heterocycles. The molecule has 0 saturated carbocycles. The van der Waals surface area contributed by atoms with Crippen LogP contribution < -0.4 is 0 Å². The molecule has 0 aliphatic carbocycles. The highest BCUT2D eigenvalue weighted by molar-refractivity contribution is 6.31. The molecule has 21 heavy (non-hydrogen) atoms. The highest BCUT2D eigenvalue weighted by Gasteiger charge is 2.19. The molecule has 0 amide bonds. The maximum absolute atomic E-state index is 10.6. The van der Waals surface area contributed by atoms with Crippen LogP contribution in [-0.2, 0) is 13.0 Å². The van der Waals surface area contributed by atoms with Gasteiger partial charge in [-0.05, 0) is 31.6 Å². The second-order valence-corrected chi connectivity index (χ2v) is 5.81. The molecular formula is C16H22ClN3O. The van der Waals surface area contributed by atoms with Crippen molar-refractivity contribution in [3.8, 4) is 0 Å². The van der Waals surface area contributed by atoms with Crippen molar-refractivity contribution in [1.82, 2.24) is 14.7 Å². The molecule has 1 unspecified atom stereocenters. The second kappa shape index (κ2) is 7.07. The van der Waals surface area contributed by atoms with Gasteiger partial charge in [0.1, 0.15) is 6.10 Å². The quantitative estimate of drug-likeness (QED) is 0.892. The van der Waals surface area contributed by atoms with E-state index in [-0.39, 0.29) is 0 Å². The Hall–Kier alpha value is -1.36. The number of halogens is 1. The number of hydrogen-bond donors (Lipinski definition) is 1. The first-order valence-corrected chi connectivity index (χ1v) is 7.53. The summed E-state index contributed by atoms with van der Waals surface area (Å²) in [6.07, 6.45) is 1.82. The lowest BCUT2D eigenvalue weighted by Crippen LogP contribution is -2.21. The van der Waals surface area contributed by atoms with Crippen molar-refractivity contribution in [1.29, 1.82) is 0 Å². The van der Waals surface area contributed by atoms with Crippen molar-refractivity contribution in [2.24, 2.45) is 0 Å². The van der Waals surface area contributed by atoms with Crippen LogP contribution in [0, 0.1) is 0 Å². The minimum Gasteiger partial charge on any atom is -0.382 e. The smallest absolute Gasteiger partial charge is 0.122 e. The topological polar surface area (TPSA) is 41.3 Å². The van der Waals surface area contributed by atoms with Gasteiger partial charge in [0, 0.05) is 6.54 Å². The van der Waals surface area contributed by atoms with Crippen molar-refractivity contribution < 1.29 is 5.11 Å². The normalized spacial score (nSPS) is 12.9. The predicted octanol–water partition coefficient (Wildman–Crippen LogP) is 2.74. The van der Waals surface area contributed by atoms with E-state index >= 15 is 0 Å². The number of aryl methyl sites for hydroxylation is 1. The van der Waals surface area contributed by atoms with E-state index in [1.807, 2.05) is 38.4 Å². The molecule has 0 saturated heterocycles. The van der Waals surface area contributed by atoms with Crippen molar-refractivity contribution in [3.63, 3.8) is 0 Å². The fourth-order valence-electron chi connectivity index (χ4n) is 2.21. The van der Waals surface area contributed by atoms with Gasteiger partial charge in [-0.25, -0.2) is 0 Å². The van der Waals surface area contributed by atoms with Gasteiger partial charge in [0.25, 0.3) is 0 Å². The molecule has 5 heteroatoms. The molecular weight excluding hydrogens is 286 g/mol. The summed E-state index contributed by atoms with van der Waals surface area (Å²) in [6, 6.07) is 7.96. The van der Waals surface area contributed by atoms with Crippen molar-refractivity contribution in [3.05, 3.63) is 52.3 Å². The van der Waals surface area contributed by atoms with Crippen LogP contribution in [0.5, 0.6) is 0 Å². The Morgan fingerprint density at radius 3 is 2.52 bits per heavy atom. The summed E-state index contributed by atoms with van der Waals surface area (Å²) in [7, 11) is 4.01. The summed E-state index contributed by atoms with van der Waals surface area (Å²) in [5.41, 5.74) is 2.74. The molecule has 0 fully saturated rings. The molecule has 2 rings (SSSR count). The van der Waals surface area contributed by atoms with Gasteiger partial charge in [-0.15, -0.1) is 0 Å². The Morgan fingerprint density at radius 2 is 1.95 bits per heavy atom. The van der Waals surface area contributed by atoms with E-state index in [2.05, 4.69) is 16.9 Å². The lowest BCUT2D eigenvalue weighted by Gasteiger charge is -2.16. The third-order valence-electron chi connectivity index (χ3n) is 3.55. The van der Waals surface area contributed by atoms with Crippen LogP contribution in [-0.4, -0.2) is 40.4 Å². The Morgan fingerprint density at radius 1 is 1.29 bits per heavy atom. The third kappa shape index (κ3) is 3.84. The van der Waals surface area contributed by atoms with Crippen molar-refractivity contribution in [2.75, 3.05) is 20.6 Å². The average Bonchev–Trinajstić information content (AvgIpc) is 2.85. The molecule has 1 atom stereocenters. The van der Waals surface area contributed by atoms with Gasteiger partial charge in [-0.1, -0.05) is 42.8 Å². The van der Waals surface area contributed by atoms with Crippen LogP contribution in [0.1, 0.15) is 29.8 Å². The zero-order valence-corrected chi connectivity index (χ0v) is 13.5. The molecule has 1 aromatic heterocycles. The highest BCUT2D eigenvalue weighted by atomic mass is 35.5. The maximum Gasteiger partial charge on any atom is 0.122 e. The largest absolute Gasteiger partial charge is 0.382 e. The van der Waals surface area contributed by atoms with Crippen LogP contribution in [0.4, 0.5) is 0 Å². The Labute approximate surface area is 131 Å². The van der Waals surface area contributed by atoms with Gasteiger partial charge in [0.2, 0.25) is 0 Å². The van der Waals surface area contributed by atoms with E-state index in [0.29, 0.717) is 17.3 Å². The lowest BCUT2D eigenvalue weighted by atomic mass is 10.0. The number of likely N-dealkylation sites (N-methyl/N-ethyl adjacent to an activating group) is 1. The summed E-state index contributed by atoms with van der Waals surface area (Å²) in [4.78, 5) is 2.07. The zero-order chi connectivity index (χ0) is 15.4. The lowest BCUT2D eigenvalue weighted by molar-refractivity contribution is 0.205. The van der Waals surface area contributed by atoms with E-state index in [9.17, 15) is 5.11 Å². The minimum atomic E-state index is -0.756. The number of aliphatic hydroxyl groups is 1. The summed E-state index contributed by atoms with van der Waals surface area (Å²) in [5, 5.41) is 15.4. The third-order valence-corrected chi connectivity index (χ3v) is 3.85. The van der Waals surface area contributed by atoms with Gasteiger partial charge in [0.05, 0.1) is 23.5 Å². The average molecular weight is 308 g/mol. The summed E-state index contributed by atoms with van der Waals surface area (Å²) < 4.78 is 1.78. The van der Waals surface area contributed by atoms with E-state index in [4.69, 9.17) is 11.6 Å². The molecule has 0 bridgehead atoms. The number of rotatable bonds is 6. The maximum atomic E-state index is 10.6. The van der Waals surface area contributed by atoms with E-state index in [1.165, 1.54) is 5.56 Å². The summed E-state index contributed by atoms with van der Waals surface area (Å²) >= 11 is 6.21. The monoisotopic (exact) mass is 307 g/mol. The van der Waals surface area contributed by atoms with E-state index < -0.39 is 6.10 Å². The Kier molecular flexibility index (Phi) is 5.39. The molecule has 114 valence electrons. The second-order valence-electron chi connectivity index (χ2n) is 5.40. The van der Waals surface area contributed by atoms with Crippen LogP contribution in [0.3, 0.4) is 0 Å². The Balaban J connectivity index is 2.24. The van der Waals surface area contributed by atoms with Crippen molar-refractivity contribution >= 4 is 11.6 Å². The molecule has 0 radical (unpaired) electrons. The predicted molar refractivity (Wildman–Crippen MR) is 85.7 cm³/mol. The fourth-order valence-corrected chi connectivity index (χ4v) is 2.45. The first-order valence-electron chi connectivity index (χ1n) is 7.15. The molecule has 1 N–H and O–H groups in total. The van der Waals surface area contributed by atoms with Gasteiger partial charge >= 0.3 is 0 Å². The van der Waals surface area contributed by atoms with Crippen LogP contribution in [0.25, 0.3) is 0 Å². The van der Waals surface area contributed by atoms with E-state index in [0.717, 1.165) is 18.5 Å². The molecule has 0 spiro atoms. The molecule has 4 nitrogen and oxygen atoms in total. The Bertz CT molecular complexity index is 578. The van der Waals surface area contributed by atoms with Crippen LogP contribution >= 0.6 is 11.6 Å². The van der Waals surface area contributed by atoms with Gasteiger partial charge < -0.3 is 10.0 Å².